The lowest BCUT2D eigenvalue weighted by molar-refractivity contribution is 0.0726. The molecule has 0 bridgehead atoms. The van der Waals surface area contributed by atoms with Gasteiger partial charge < -0.3 is 20.1 Å². The van der Waals surface area contributed by atoms with E-state index < -0.39 is 0 Å². The topological polar surface area (TPSA) is 59.6 Å². The van der Waals surface area contributed by atoms with Crippen molar-refractivity contribution in [2.75, 3.05) is 33.5 Å². The maximum absolute atomic E-state index is 11.5. The number of hydrogen-bond donors (Lipinski definition) is 2. The summed E-state index contributed by atoms with van der Waals surface area (Å²) >= 11 is 0. The highest BCUT2D eigenvalue weighted by Gasteiger charge is 2.14. The molecule has 1 aliphatic rings. The molecule has 0 spiro atoms. The number of carbonyl (C=O) groups excluding carboxylic acids is 1. The van der Waals surface area contributed by atoms with Gasteiger partial charge in [0.25, 0.3) is 0 Å². The summed E-state index contributed by atoms with van der Waals surface area (Å²) in [7, 11) is 1.64. The van der Waals surface area contributed by atoms with Gasteiger partial charge in [-0.05, 0) is 12.8 Å². The molecule has 1 saturated carbocycles. The summed E-state index contributed by atoms with van der Waals surface area (Å²) < 4.78 is 10.1. The predicted octanol–water partition coefficient (Wildman–Crippen LogP) is 1.28. The number of carbonyl (C=O) groups is 1. The third-order valence-electron chi connectivity index (χ3n) is 2.90. The van der Waals surface area contributed by atoms with Gasteiger partial charge in [-0.1, -0.05) is 19.3 Å². The molecule has 5 nitrogen and oxygen atoms in total. The third kappa shape index (κ3) is 7.18. The molecule has 0 saturated heterocycles. The molecule has 0 aliphatic heterocycles. The first kappa shape index (κ1) is 14.3. The zero-order valence-electron chi connectivity index (χ0n) is 10.7. The lowest BCUT2D eigenvalue weighted by Crippen LogP contribution is -2.43. The summed E-state index contributed by atoms with van der Waals surface area (Å²) in [5, 5.41) is 5.78. The van der Waals surface area contributed by atoms with Gasteiger partial charge >= 0.3 is 6.03 Å². The quantitative estimate of drug-likeness (QED) is 0.663. The summed E-state index contributed by atoms with van der Waals surface area (Å²) in [5.74, 6) is 0. The Balaban J connectivity index is 1.93. The second kappa shape index (κ2) is 9.24. The van der Waals surface area contributed by atoms with E-state index in [-0.39, 0.29) is 6.03 Å². The monoisotopic (exact) mass is 244 g/mol. The minimum atomic E-state index is -0.0766. The Morgan fingerprint density at radius 1 is 1.18 bits per heavy atom. The van der Waals surface area contributed by atoms with Gasteiger partial charge in [0.2, 0.25) is 0 Å². The van der Waals surface area contributed by atoms with Gasteiger partial charge in [0.15, 0.2) is 0 Å². The number of ether oxygens (including phenoxy) is 2. The molecule has 0 radical (unpaired) electrons. The minimum absolute atomic E-state index is 0.0766. The molecule has 1 fully saturated rings. The van der Waals surface area contributed by atoms with E-state index in [1.807, 2.05) is 0 Å². The molecule has 0 aromatic rings. The molecule has 0 aromatic carbocycles. The molecule has 100 valence electrons. The van der Waals surface area contributed by atoms with Gasteiger partial charge in [0.05, 0.1) is 19.8 Å². The molecule has 0 heterocycles. The molecule has 5 heteroatoms. The van der Waals surface area contributed by atoms with Crippen molar-refractivity contribution in [1.82, 2.24) is 10.6 Å². The van der Waals surface area contributed by atoms with E-state index in [1.54, 1.807) is 7.11 Å². The lowest BCUT2D eigenvalue weighted by atomic mass is 9.96. The first-order valence-electron chi connectivity index (χ1n) is 6.44. The summed E-state index contributed by atoms with van der Waals surface area (Å²) in [4.78, 5) is 11.5. The molecule has 1 rings (SSSR count). The fourth-order valence-corrected chi connectivity index (χ4v) is 1.96. The summed E-state index contributed by atoms with van der Waals surface area (Å²) in [6, 6.07) is 0.283. The summed E-state index contributed by atoms with van der Waals surface area (Å²) in [5.41, 5.74) is 0. The zero-order chi connectivity index (χ0) is 12.3. The van der Waals surface area contributed by atoms with Crippen LogP contribution >= 0.6 is 0 Å². The molecule has 2 N–H and O–H groups in total. The maximum Gasteiger partial charge on any atom is 0.315 e. The average Bonchev–Trinajstić information content (AvgIpc) is 2.35. The van der Waals surface area contributed by atoms with Crippen molar-refractivity contribution in [2.24, 2.45) is 0 Å². The average molecular weight is 244 g/mol. The van der Waals surface area contributed by atoms with E-state index in [2.05, 4.69) is 10.6 Å². The van der Waals surface area contributed by atoms with Crippen LogP contribution in [0.3, 0.4) is 0 Å². The fourth-order valence-electron chi connectivity index (χ4n) is 1.96. The van der Waals surface area contributed by atoms with Crippen LogP contribution in [0.15, 0.2) is 0 Å². The maximum atomic E-state index is 11.5. The van der Waals surface area contributed by atoms with Gasteiger partial charge in [-0.3, -0.25) is 0 Å². The van der Waals surface area contributed by atoms with E-state index in [1.165, 1.54) is 19.3 Å². The second-order valence-corrected chi connectivity index (χ2v) is 4.34. The Hall–Kier alpha value is -0.810. The van der Waals surface area contributed by atoms with Crippen LogP contribution in [0.25, 0.3) is 0 Å². The van der Waals surface area contributed by atoms with Gasteiger partial charge in [-0.15, -0.1) is 0 Å². The first-order valence-corrected chi connectivity index (χ1v) is 6.44. The first-order chi connectivity index (χ1) is 8.33. The number of nitrogens with one attached hydrogen (secondary N) is 2. The Morgan fingerprint density at radius 2 is 1.94 bits per heavy atom. The molecule has 17 heavy (non-hydrogen) atoms. The molecule has 0 atom stereocenters. The highest BCUT2D eigenvalue weighted by Crippen LogP contribution is 2.16. The van der Waals surface area contributed by atoms with Gasteiger partial charge in [0, 0.05) is 19.7 Å². The minimum Gasteiger partial charge on any atom is -0.382 e. The zero-order valence-corrected chi connectivity index (χ0v) is 10.7. The van der Waals surface area contributed by atoms with E-state index in [0.29, 0.717) is 32.4 Å². The highest BCUT2D eigenvalue weighted by molar-refractivity contribution is 5.74. The highest BCUT2D eigenvalue weighted by atomic mass is 16.5. The summed E-state index contributed by atoms with van der Waals surface area (Å²) in [6.07, 6.45) is 5.97. The van der Waals surface area contributed by atoms with E-state index in [4.69, 9.17) is 9.47 Å². The van der Waals surface area contributed by atoms with Crippen molar-refractivity contribution in [1.29, 1.82) is 0 Å². The molecule has 2 amide bonds. The van der Waals surface area contributed by atoms with Gasteiger partial charge in [-0.2, -0.15) is 0 Å². The normalized spacial score (nSPS) is 16.8. The number of amides is 2. The van der Waals surface area contributed by atoms with Crippen LogP contribution in [0.1, 0.15) is 32.1 Å². The Morgan fingerprint density at radius 3 is 2.65 bits per heavy atom. The second-order valence-electron chi connectivity index (χ2n) is 4.34. The Labute approximate surface area is 103 Å². The molecule has 0 unspecified atom stereocenters. The van der Waals surface area contributed by atoms with Crippen molar-refractivity contribution < 1.29 is 14.3 Å². The smallest absolute Gasteiger partial charge is 0.315 e. The van der Waals surface area contributed by atoms with Crippen LogP contribution in [0.5, 0.6) is 0 Å². The number of methoxy groups -OCH3 is 1. The van der Waals surface area contributed by atoms with E-state index >= 15 is 0 Å². The molecular weight excluding hydrogens is 220 g/mol. The fraction of sp³-hybridized carbons (Fsp3) is 0.917. The van der Waals surface area contributed by atoms with Crippen molar-refractivity contribution in [3.8, 4) is 0 Å². The van der Waals surface area contributed by atoms with Crippen LogP contribution in [0.2, 0.25) is 0 Å². The molecule has 1 aliphatic carbocycles. The Kier molecular flexibility index (Phi) is 7.75. The van der Waals surface area contributed by atoms with Crippen molar-refractivity contribution in [2.45, 2.75) is 38.1 Å². The van der Waals surface area contributed by atoms with Crippen molar-refractivity contribution in [3.05, 3.63) is 0 Å². The largest absolute Gasteiger partial charge is 0.382 e. The van der Waals surface area contributed by atoms with Crippen LogP contribution in [0, 0.1) is 0 Å². The van der Waals surface area contributed by atoms with Crippen LogP contribution < -0.4 is 10.6 Å². The SMILES string of the molecule is COCCOCCNC(=O)NC1CCCCC1. The molecular formula is C12H24N2O3. The van der Waals surface area contributed by atoms with Crippen LogP contribution in [-0.4, -0.2) is 45.5 Å². The predicted molar refractivity (Wildman–Crippen MR) is 66.1 cm³/mol. The van der Waals surface area contributed by atoms with Crippen molar-refractivity contribution in [3.63, 3.8) is 0 Å². The summed E-state index contributed by atoms with van der Waals surface area (Å²) in [6.45, 7) is 2.24. The Bertz CT molecular complexity index is 206. The standard InChI is InChI=1S/C12H24N2O3/c1-16-9-10-17-8-7-13-12(15)14-11-5-3-2-4-6-11/h11H,2-10H2,1H3,(H2,13,14,15). The van der Waals surface area contributed by atoms with Crippen LogP contribution in [-0.2, 0) is 9.47 Å². The van der Waals surface area contributed by atoms with Gasteiger partial charge in [-0.25, -0.2) is 4.79 Å². The van der Waals surface area contributed by atoms with E-state index in [9.17, 15) is 4.79 Å². The lowest BCUT2D eigenvalue weighted by Gasteiger charge is -2.22. The third-order valence-corrected chi connectivity index (χ3v) is 2.90. The number of rotatable bonds is 7. The molecule has 0 aromatic heterocycles. The van der Waals surface area contributed by atoms with Gasteiger partial charge in [0.1, 0.15) is 0 Å². The van der Waals surface area contributed by atoms with E-state index in [0.717, 1.165) is 12.8 Å². The number of hydrogen-bond acceptors (Lipinski definition) is 3. The van der Waals surface area contributed by atoms with Crippen LogP contribution in [0.4, 0.5) is 4.79 Å². The number of urea groups is 1. The van der Waals surface area contributed by atoms with Crippen molar-refractivity contribution >= 4 is 6.03 Å².